The van der Waals surface area contributed by atoms with Crippen molar-refractivity contribution in [2.45, 2.75) is 25.7 Å². The Kier molecular flexibility index (Phi) is 5.05. The summed E-state index contributed by atoms with van der Waals surface area (Å²) in [5.41, 5.74) is 4.81. The molecule has 5 rings (SSSR count). The number of hydrogen-bond donors (Lipinski definition) is 1. The standard InChI is InChI=1S/C24H25N5O/c30-24(27-19-9-11-20(12-10-19)28-13-3-4-14-28)21-16-23(26-17-25-21)29-15-5-7-18-6-1-2-8-22(18)29/h1-2,6,8-12,16-17H,3-5,7,13-15H2,(H,27,30). The maximum Gasteiger partial charge on any atom is 0.274 e. The van der Waals surface area contributed by atoms with Gasteiger partial charge in [0.05, 0.1) is 0 Å². The van der Waals surface area contributed by atoms with E-state index < -0.39 is 0 Å². The third-order valence-corrected chi connectivity index (χ3v) is 5.87. The number of fused-ring (bicyclic) bond motifs is 1. The Labute approximate surface area is 176 Å². The van der Waals surface area contributed by atoms with Crippen molar-refractivity contribution in [1.29, 1.82) is 0 Å². The minimum Gasteiger partial charge on any atom is -0.372 e. The molecule has 0 atom stereocenters. The molecule has 3 aromatic rings. The van der Waals surface area contributed by atoms with E-state index >= 15 is 0 Å². The van der Waals surface area contributed by atoms with Crippen molar-refractivity contribution in [3.63, 3.8) is 0 Å². The van der Waals surface area contributed by atoms with E-state index in [1.165, 1.54) is 30.4 Å². The van der Waals surface area contributed by atoms with Crippen molar-refractivity contribution in [3.8, 4) is 0 Å². The number of rotatable bonds is 4. The van der Waals surface area contributed by atoms with Crippen molar-refractivity contribution < 1.29 is 4.79 Å². The number of carbonyl (C=O) groups is 1. The van der Waals surface area contributed by atoms with Crippen molar-refractivity contribution in [3.05, 3.63) is 72.2 Å². The van der Waals surface area contributed by atoms with E-state index in [-0.39, 0.29) is 5.91 Å². The highest BCUT2D eigenvalue weighted by Gasteiger charge is 2.20. The van der Waals surface area contributed by atoms with Gasteiger partial charge in [-0.05, 0) is 61.6 Å². The van der Waals surface area contributed by atoms with Gasteiger partial charge in [0.25, 0.3) is 5.91 Å². The Morgan fingerprint density at radius 1 is 0.900 bits per heavy atom. The topological polar surface area (TPSA) is 61.4 Å². The fraction of sp³-hybridized carbons (Fsp3) is 0.292. The molecule has 2 aliphatic heterocycles. The first kappa shape index (κ1) is 18.6. The maximum absolute atomic E-state index is 12.8. The van der Waals surface area contributed by atoms with Gasteiger partial charge in [-0.25, -0.2) is 9.97 Å². The van der Waals surface area contributed by atoms with Gasteiger partial charge in [0.1, 0.15) is 17.8 Å². The summed E-state index contributed by atoms with van der Waals surface area (Å²) in [6, 6.07) is 18.2. The Morgan fingerprint density at radius 2 is 1.70 bits per heavy atom. The second-order valence-electron chi connectivity index (χ2n) is 7.84. The second kappa shape index (κ2) is 8.14. The molecule has 30 heavy (non-hydrogen) atoms. The average Bonchev–Trinajstić information content (AvgIpc) is 3.34. The number of nitrogens with one attached hydrogen (secondary N) is 1. The van der Waals surface area contributed by atoms with Crippen molar-refractivity contribution in [2.24, 2.45) is 0 Å². The molecular weight excluding hydrogens is 374 g/mol. The van der Waals surface area contributed by atoms with E-state index in [1.807, 2.05) is 18.2 Å². The van der Waals surface area contributed by atoms with Crippen LogP contribution in [-0.4, -0.2) is 35.5 Å². The molecule has 1 fully saturated rings. The van der Waals surface area contributed by atoms with Crippen LogP contribution in [0, 0.1) is 0 Å². The van der Waals surface area contributed by atoms with Crippen molar-refractivity contribution in [2.75, 3.05) is 34.8 Å². The van der Waals surface area contributed by atoms with Crippen LogP contribution in [0.3, 0.4) is 0 Å². The minimum absolute atomic E-state index is 0.224. The van der Waals surface area contributed by atoms with Gasteiger partial charge < -0.3 is 15.1 Å². The molecule has 0 aliphatic carbocycles. The Morgan fingerprint density at radius 3 is 2.53 bits per heavy atom. The molecule has 6 nitrogen and oxygen atoms in total. The van der Waals surface area contributed by atoms with Gasteiger partial charge in [-0.3, -0.25) is 4.79 Å². The molecule has 0 radical (unpaired) electrons. The summed E-state index contributed by atoms with van der Waals surface area (Å²) in [6.07, 6.45) is 6.09. The number of carbonyl (C=O) groups excluding carboxylic acids is 1. The number of anilines is 4. The molecule has 1 N–H and O–H groups in total. The lowest BCUT2D eigenvalue weighted by Gasteiger charge is -2.30. The first-order valence-corrected chi connectivity index (χ1v) is 10.6. The summed E-state index contributed by atoms with van der Waals surface area (Å²) in [4.78, 5) is 26.0. The lowest BCUT2D eigenvalue weighted by molar-refractivity contribution is 0.102. The molecule has 1 saturated heterocycles. The zero-order valence-electron chi connectivity index (χ0n) is 16.9. The smallest absolute Gasteiger partial charge is 0.274 e. The number of aromatic nitrogens is 2. The number of para-hydroxylation sites is 1. The van der Waals surface area contributed by atoms with Crippen LogP contribution in [0.15, 0.2) is 60.9 Å². The van der Waals surface area contributed by atoms with E-state index in [1.54, 1.807) is 6.07 Å². The van der Waals surface area contributed by atoms with Gasteiger partial charge in [-0.15, -0.1) is 0 Å². The Balaban J connectivity index is 1.32. The minimum atomic E-state index is -0.224. The molecule has 6 heteroatoms. The zero-order chi connectivity index (χ0) is 20.3. The van der Waals surface area contributed by atoms with Gasteiger partial charge >= 0.3 is 0 Å². The number of hydrogen-bond acceptors (Lipinski definition) is 5. The van der Waals surface area contributed by atoms with Crippen LogP contribution in [0.25, 0.3) is 0 Å². The molecule has 0 bridgehead atoms. The molecule has 0 saturated carbocycles. The summed E-state index contributed by atoms with van der Waals surface area (Å²) in [7, 11) is 0. The van der Waals surface area contributed by atoms with E-state index in [0.717, 1.165) is 49.7 Å². The highest BCUT2D eigenvalue weighted by molar-refractivity contribution is 6.03. The molecule has 2 aliphatic rings. The van der Waals surface area contributed by atoms with Gasteiger partial charge in [-0.1, -0.05) is 18.2 Å². The van der Waals surface area contributed by atoms with E-state index in [9.17, 15) is 4.79 Å². The van der Waals surface area contributed by atoms with Crippen LogP contribution < -0.4 is 15.1 Å². The van der Waals surface area contributed by atoms with Gasteiger partial charge in [0.2, 0.25) is 0 Å². The molecule has 0 spiro atoms. The van der Waals surface area contributed by atoms with Crippen LogP contribution in [0.1, 0.15) is 35.3 Å². The number of amides is 1. The third kappa shape index (κ3) is 3.73. The normalized spacial score (nSPS) is 15.7. The molecule has 1 amide bonds. The average molecular weight is 399 g/mol. The number of aryl methyl sites for hydroxylation is 1. The van der Waals surface area contributed by atoms with Crippen LogP contribution in [0.4, 0.5) is 22.9 Å². The third-order valence-electron chi connectivity index (χ3n) is 5.87. The second-order valence-corrected chi connectivity index (χ2v) is 7.84. The lowest BCUT2D eigenvalue weighted by atomic mass is 10.0. The SMILES string of the molecule is O=C(Nc1ccc(N2CCCC2)cc1)c1cc(N2CCCc3ccccc32)ncn1. The van der Waals surface area contributed by atoms with Gasteiger partial charge in [0.15, 0.2) is 0 Å². The molecule has 3 heterocycles. The highest BCUT2D eigenvalue weighted by Crippen LogP contribution is 2.32. The van der Waals surface area contributed by atoms with Crippen LogP contribution in [-0.2, 0) is 6.42 Å². The molecule has 1 aromatic heterocycles. The Bertz CT molecular complexity index is 1040. The zero-order valence-corrected chi connectivity index (χ0v) is 16.9. The highest BCUT2D eigenvalue weighted by atomic mass is 16.1. The number of nitrogens with zero attached hydrogens (tertiary/aromatic N) is 4. The van der Waals surface area contributed by atoms with Gasteiger partial charge in [0, 0.05) is 42.8 Å². The summed E-state index contributed by atoms with van der Waals surface area (Å²) in [5, 5.41) is 2.96. The maximum atomic E-state index is 12.8. The van der Waals surface area contributed by atoms with E-state index in [2.05, 4.69) is 55.4 Å². The van der Waals surface area contributed by atoms with E-state index in [0.29, 0.717) is 5.69 Å². The van der Waals surface area contributed by atoms with E-state index in [4.69, 9.17) is 0 Å². The van der Waals surface area contributed by atoms with Crippen LogP contribution in [0.5, 0.6) is 0 Å². The first-order chi connectivity index (χ1) is 14.8. The molecule has 2 aromatic carbocycles. The van der Waals surface area contributed by atoms with Gasteiger partial charge in [-0.2, -0.15) is 0 Å². The lowest BCUT2D eigenvalue weighted by Crippen LogP contribution is -2.26. The quantitative estimate of drug-likeness (QED) is 0.704. The summed E-state index contributed by atoms with van der Waals surface area (Å²) in [6.45, 7) is 3.09. The summed E-state index contributed by atoms with van der Waals surface area (Å²) >= 11 is 0. The largest absolute Gasteiger partial charge is 0.372 e. The Hall–Kier alpha value is -3.41. The van der Waals surface area contributed by atoms with Crippen molar-refractivity contribution >= 4 is 28.8 Å². The molecular formula is C24H25N5O. The molecule has 0 unspecified atom stereocenters. The number of benzene rings is 2. The predicted octanol–water partition coefficient (Wildman–Crippen LogP) is 4.41. The van der Waals surface area contributed by atoms with Crippen molar-refractivity contribution in [1.82, 2.24) is 9.97 Å². The first-order valence-electron chi connectivity index (χ1n) is 10.6. The monoisotopic (exact) mass is 399 g/mol. The fourth-order valence-electron chi connectivity index (χ4n) is 4.32. The summed E-state index contributed by atoms with van der Waals surface area (Å²) < 4.78 is 0. The predicted molar refractivity (Wildman–Crippen MR) is 120 cm³/mol. The van der Waals surface area contributed by atoms with Crippen LogP contribution in [0.2, 0.25) is 0 Å². The fourth-order valence-corrected chi connectivity index (χ4v) is 4.32. The summed E-state index contributed by atoms with van der Waals surface area (Å²) in [5.74, 6) is 0.532. The molecule has 152 valence electrons. The van der Waals surface area contributed by atoms with Crippen LogP contribution >= 0.6 is 0 Å².